The van der Waals surface area contributed by atoms with Gasteiger partial charge in [-0.1, -0.05) is 32.0 Å². The summed E-state index contributed by atoms with van der Waals surface area (Å²) in [5.74, 6) is 2.19. The second-order valence-electron chi connectivity index (χ2n) is 5.48. The maximum atomic E-state index is 2.39. The molecule has 1 saturated carbocycles. The molecule has 1 aliphatic heterocycles. The molecule has 0 saturated heterocycles. The largest absolute Gasteiger partial charge is 0.126 e. The van der Waals surface area contributed by atoms with Gasteiger partial charge in [0.2, 0.25) is 0 Å². The first-order valence-electron chi connectivity index (χ1n) is 5.95. The van der Waals surface area contributed by atoms with E-state index in [-0.39, 0.29) is 0 Å². The lowest BCUT2D eigenvalue weighted by Crippen LogP contribution is -2.23. The average molecular weight is 218 g/mol. The average Bonchev–Trinajstić information content (AvgIpc) is 3.00. The van der Waals surface area contributed by atoms with Gasteiger partial charge in [0.1, 0.15) is 0 Å². The van der Waals surface area contributed by atoms with Crippen molar-refractivity contribution < 1.29 is 0 Å². The van der Waals surface area contributed by atoms with E-state index in [0.29, 0.717) is 5.41 Å². The van der Waals surface area contributed by atoms with Gasteiger partial charge in [0.25, 0.3) is 0 Å². The summed E-state index contributed by atoms with van der Waals surface area (Å²) in [5.41, 5.74) is 3.64. The molecule has 1 heteroatoms. The summed E-state index contributed by atoms with van der Waals surface area (Å²) in [6.07, 6.45) is 4.15. The minimum absolute atomic E-state index is 0.394. The Kier molecular flexibility index (Phi) is 2.14. The third-order valence-corrected chi connectivity index (χ3v) is 4.92. The highest BCUT2D eigenvalue weighted by Crippen LogP contribution is 2.50. The van der Waals surface area contributed by atoms with Gasteiger partial charge in [-0.2, -0.15) is 0 Å². The molecule has 0 atom stereocenters. The van der Waals surface area contributed by atoms with Crippen molar-refractivity contribution in [3.63, 3.8) is 0 Å². The maximum absolute atomic E-state index is 2.39. The smallest absolute Gasteiger partial charge is 0.0144 e. The second-order valence-corrected chi connectivity index (χ2v) is 6.59. The first-order valence-corrected chi connectivity index (χ1v) is 6.93. The monoisotopic (exact) mass is 218 g/mol. The maximum Gasteiger partial charge on any atom is 0.0144 e. The standard InChI is InChI=1S/C14H18S/c1-14(2)8-9-15-13-11(10-6-7-10)4-3-5-12(13)14/h3-5,10H,6-9H2,1-2H3. The third-order valence-electron chi connectivity index (χ3n) is 3.77. The van der Waals surface area contributed by atoms with Gasteiger partial charge in [-0.15, -0.1) is 11.8 Å². The van der Waals surface area contributed by atoms with Gasteiger partial charge in [0.05, 0.1) is 0 Å². The van der Waals surface area contributed by atoms with Crippen LogP contribution in [0.1, 0.15) is 50.2 Å². The Morgan fingerprint density at radius 2 is 2.07 bits per heavy atom. The second kappa shape index (κ2) is 3.28. The van der Waals surface area contributed by atoms with Gasteiger partial charge < -0.3 is 0 Å². The van der Waals surface area contributed by atoms with Crippen molar-refractivity contribution in [1.29, 1.82) is 0 Å². The molecule has 80 valence electrons. The van der Waals surface area contributed by atoms with E-state index < -0.39 is 0 Å². The van der Waals surface area contributed by atoms with Crippen LogP contribution in [0.5, 0.6) is 0 Å². The molecule has 0 bridgehead atoms. The quantitative estimate of drug-likeness (QED) is 0.676. The normalized spacial score (nSPS) is 23.6. The molecule has 3 rings (SSSR count). The number of hydrogen-bond donors (Lipinski definition) is 0. The molecule has 0 nitrogen and oxygen atoms in total. The first kappa shape index (κ1) is 9.77. The molecule has 2 aliphatic rings. The zero-order valence-electron chi connectivity index (χ0n) is 9.55. The zero-order chi connectivity index (χ0) is 10.5. The molecule has 15 heavy (non-hydrogen) atoms. The lowest BCUT2D eigenvalue weighted by Gasteiger charge is -2.33. The van der Waals surface area contributed by atoms with Crippen molar-refractivity contribution in [3.05, 3.63) is 29.3 Å². The molecule has 0 radical (unpaired) electrons. The third kappa shape index (κ3) is 1.61. The summed E-state index contributed by atoms with van der Waals surface area (Å²) in [7, 11) is 0. The summed E-state index contributed by atoms with van der Waals surface area (Å²) in [6, 6.07) is 6.96. The Hall–Kier alpha value is -0.430. The molecule has 0 amide bonds. The van der Waals surface area contributed by atoms with E-state index in [4.69, 9.17) is 0 Å². The highest BCUT2D eigenvalue weighted by atomic mass is 32.2. The summed E-state index contributed by atoms with van der Waals surface area (Å²) < 4.78 is 0. The van der Waals surface area contributed by atoms with Crippen LogP contribution in [0.25, 0.3) is 0 Å². The van der Waals surface area contributed by atoms with E-state index in [1.807, 2.05) is 0 Å². The Morgan fingerprint density at radius 3 is 2.80 bits per heavy atom. The topological polar surface area (TPSA) is 0 Å². The van der Waals surface area contributed by atoms with Crippen LogP contribution >= 0.6 is 11.8 Å². The Labute approximate surface area is 96.5 Å². The van der Waals surface area contributed by atoms with E-state index in [9.17, 15) is 0 Å². The van der Waals surface area contributed by atoms with Gasteiger partial charge in [-0.25, -0.2) is 0 Å². The Bertz CT molecular complexity index is 388. The lowest BCUT2D eigenvalue weighted by molar-refractivity contribution is 0.492. The molecule has 0 N–H and O–H groups in total. The fraction of sp³-hybridized carbons (Fsp3) is 0.571. The van der Waals surface area contributed by atoms with Crippen molar-refractivity contribution >= 4 is 11.8 Å². The van der Waals surface area contributed by atoms with Crippen molar-refractivity contribution in [2.45, 2.75) is 49.3 Å². The molecular formula is C14H18S. The highest BCUT2D eigenvalue weighted by molar-refractivity contribution is 7.99. The van der Waals surface area contributed by atoms with Crippen molar-refractivity contribution in [1.82, 2.24) is 0 Å². The van der Waals surface area contributed by atoms with E-state index in [2.05, 4.69) is 43.8 Å². The minimum atomic E-state index is 0.394. The van der Waals surface area contributed by atoms with E-state index in [1.54, 1.807) is 16.0 Å². The molecule has 0 unspecified atom stereocenters. The van der Waals surface area contributed by atoms with Gasteiger partial charge in [-0.05, 0) is 47.5 Å². The van der Waals surface area contributed by atoms with Crippen LogP contribution in [0, 0.1) is 0 Å². The molecule has 1 aromatic rings. The van der Waals surface area contributed by atoms with Crippen LogP contribution in [0.15, 0.2) is 23.1 Å². The van der Waals surface area contributed by atoms with Crippen molar-refractivity contribution in [2.24, 2.45) is 0 Å². The molecule has 1 aliphatic carbocycles. The van der Waals surface area contributed by atoms with E-state index in [1.165, 1.54) is 25.0 Å². The lowest BCUT2D eigenvalue weighted by atomic mass is 9.81. The summed E-state index contributed by atoms with van der Waals surface area (Å²) in [4.78, 5) is 1.62. The van der Waals surface area contributed by atoms with Crippen LogP contribution < -0.4 is 0 Å². The highest BCUT2D eigenvalue weighted by Gasteiger charge is 2.33. The van der Waals surface area contributed by atoms with E-state index >= 15 is 0 Å². The number of fused-ring (bicyclic) bond motifs is 1. The first-order chi connectivity index (χ1) is 7.18. The van der Waals surface area contributed by atoms with E-state index in [0.717, 1.165) is 5.92 Å². The molecule has 0 spiro atoms. The van der Waals surface area contributed by atoms with Crippen LogP contribution in [-0.2, 0) is 5.41 Å². The number of benzene rings is 1. The summed E-state index contributed by atoms with van der Waals surface area (Å²) in [6.45, 7) is 4.78. The zero-order valence-corrected chi connectivity index (χ0v) is 10.4. The van der Waals surface area contributed by atoms with Gasteiger partial charge in [-0.3, -0.25) is 0 Å². The number of rotatable bonds is 1. The van der Waals surface area contributed by atoms with Crippen LogP contribution in [0.2, 0.25) is 0 Å². The molecule has 1 aromatic carbocycles. The van der Waals surface area contributed by atoms with Crippen molar-refractivity contribution in [3.8, 4) is 0 Å². The Morgan fingerprint density at radius 1 is 1.27 bits per heavy atom. The molecular weight excluding hydrogens is 200 g/mol. The minimum Gasteiger partial charge on any atom is -0.126 e. The van der Waals surface area contributed by atoms with Gasteiger partial charge in [0.15, 0.2) is 0 Å². The summed E-state index contributed by atoms with van der Waals surface area (Å²) in [5, 5.41) is 0. The van der Waals surface area contributed by atoms with Gasteiger partial charge in [0, 0.05) is 4.90 Å². The van der Waals surface area contributed by atoms with Gasteiger partial charge >= 0.3 is 0 Å². The SMILES string of the molecule is CC1(C)CCSc2c(C3CC3)cccc21. The molecule has 1 fully saturated rings. The Balaban J connectivity index is 2.13. The number of thioether (sulfide) groups is 1. The van der Waals surface area contributed by atoms with Crippen LogP contribution in [0.4, 0.5) is 0 Å². The molecule has 0 aromatic heterocycles. The van der Waals surface area contributed by atoms with Crippen LogP contribution in [-0.4, -0.2) is 5.75 Å². The fourth-order valence-electron chi connectivity index (χ4n) is 2.51. The predicted octanol–water partition coefficient (Wildman–Crippen LogP) is 4.34. The van der Waals surface area contributed by atoms with Crippen LogP contribution in [0.3, 0.4) is 0 Å². The fourth-order valence-corrected chi connectivity index (χ4v) is 4.23. The van der Waals surface area contributed by atoms with Crippen molar-refractivity contribution in [2.75, 3.05) is 5.75 Å². The predicted molar refractivity (Wildman–Crippen MR) is 66.8 cm³/mol. The summed E-state index contributed by atoms with van der Waals surface area (Å²) >= 11 is 2.09. The molecule has 1 heterocycles. The number of hydrogen-bond acceptors (Lipinski definition) is 1.